The molecule has 0 saturated heterocycles. The Hall–Kier alpha value is -0.110. The minimum absolute atomic E-state index is 0.554. The smallest absolute Gasteiger partial charge is 0.0643 e. The van der Waals surface area contributed by atoms with E-state index in [0.29, 0.717) is 6.04 Å². The van der Waals surface area contributed by atoms with Gasteiger partial charge in [-0.2, -0.15) is 0 Å². The number of hydrogen-bond donors (Lipinski definition) is 0. The first-order valence-corrected chi connectivity index (χ1v) is 11.4. The molecule has 0 aliphatic carbocycles. The predicted molar refractivity (Wildman–Crippen MR) is 115 cm³/mol. The summed E-state index contributed by atoms with van der Waals surface area (Å²) in [4.78, 5) is 2.28. The van der Waals surface area contributed by atoms with Crippen LogP contribution in [0.2, 0.25) is 0 Å². The average molecular weight is 356 g/mol. The Morgan fingerprint density at radius 3 is 1.25 bits per heavy atom. The Bertz CT molecular complexity index is 252. The SMILES string of the molecule is CCCCCCCCCCCCCCCCCCN(C=S)C(C)C. The summed E-state index contributed by atoms with van der Waals surface area (Å²) < 4.78 is 0. The van der Waals surface area contributed by atoms with Crippen LogP contribution in [-0.4, -0.2) is 23.0 Å². The van der Waals surface area contributed by atoms with E-state index in [1.807, 2.05) is 5.49 Å². The molecule has 0 bridgehead atoms. The highest BCUT2D eigenvalue weighted by atomic mass is 32.1. The van der Waals surface area contributed by atoms with Gasteiger partial charge in [0.1, 0.15) is 0 Å². The second-order valence-corrected chi connectivity index (χ2v) is 7.95. The van der Waals surface area contributed by atoms with Crippen LogP contribution in [-0.2, 0) is 0 Å². The third-order valence-corrected chi connectivity index (χ3v) is 5.34. The van der Waals surface area contributed by atoms with E-state index in [9.17, 15) is 0 Å². The van der Waals surface area contributed by atoms with Crippen molar-refractivity contribution in [1.29, 1.82) is 0 Å². The van der Waals surface area contributed by atoms with E-state index in [0.717, 1.165) is 6.54 Å². The average Bonchev–Trinajstić information content (AvgIpc) is 2.57. The topological polar surface area (TPSA) is 3.24 Å². The first-order valence-electron chi connectivity index (χ1n) is 10.9. The van der Waals surface area contributed by atoms with Crippen LogP contribution in [0.1, 0.15) is 124 Å². The first-order chi connectivity index (χ1) is 11.7. The van der Waals surface area contributed by atoms with E-state index in [4.69, 9.17) is 12.2 Å². The van der Waals surface area contributed by atoms with E-state index in [-0.39, 0.29) is 0 Å². The number of rotatable bonds is 19. The Labute approximate surface area is 159 Å². The molecule has 0 saturated carbocycles. The predicted octanol–water partition coefficient (Wildman–Crippen LogP) is 7.92. The van der Waals surface area contributed by atoms with Crippen molar-refractivity contribution in [3.8, 4) is 0 Å². The van der Waals surface area contributed by atoms with Gasteiger partial charge < -0.3 is 4.90 Å². The Kier molecular flexibility index (Phi) is 19.1. The van der Waals surface area contributed by atoms with Gasteiger partial charge in [-0.15, -0.1) is 0 Å². The van der Waals surface area contributed by atoms with Gasteiger partial charge in [-0.1, -0.05) is 115 Å². The van der Waals surface area contributed by atoms with Gasteiger partial charge in [0.05, 0.1) is 5.49 Å². The zero-order valence-corrected chi connectivity index (χ0v) is 17.8. The lowest BCUT2D eigenvalue weighted by molar-refractivity contribution is 0.352. The summed E-state index contributed by atoms with van der Waals surface area (Å²) >= 11 is 5.06. The molecule has 0 fully saturated rings. The summed E-state index contributed by atoms with van der Waals surface area (Å²) in [5, 5.41) is 0. The fourth-order valence-corrected chi connectivity index (χ4v) is 3.62. The van der Waals surface area contributed by atoms with E-state index < -0.39 is 0 Å². The molecule has 0 aliphatic rings. The summed E-state index contributed by atoms with van der Waals surface area (Å²) in [5.74, 6) is 0. The molecule has 0 spiro atoms. The number of nitrogens with zero attached hydrogens (tertiary/aromatic N) is 1. The molecule has 144 valence electrons. The van der Waals surface area contributed by atoms with Crippen molar-refractivity contribution >= 4 is 17.7 Å². The lowest BCUT2D eigenvalue weighted by Crippen LogP contribution is -2.29. The van der Waals surface area contributed by atoms with Crippen LogP contribution in [0.15, 0.2) is 0 Å². The molecular formula is C22H45NS. The minimum Gasteiger partial charge on any atom is -0.366 e. The first kappa shape index (κ1) is 23.9. The summed E-state index contributed by atoms with van der Waals surface area (Å²) in [7, 11) is 0. The van der Waals surface area contributed by atoms with Crippen molar-refractivity contribution in [2.24, 2.45) is 0 Å². The van der Waals surface area contributed by atoms with Crippen molar-refractivity contribution in [3.05, 3.63) is 0 Å². The third kappa shape index (κ3) is 16.7. The molecule has 0 rings (SSSR count). The van der Waals surface area contributed by atoms with Crippen molar-refractivity contribution in [2.75, 3.05) is 6.54 Å². The molecular weight excluding hydrogens is 310 g/mol. The zero-order valence-electron chi connectivity index (χ0n) is 17.0. The molecule has 0 aromatic heterocycles. The van der Waals surface area contributed by atoms with E-state index in [1.165, 1.54) is 103 Å². The second-order valence-electron chi connectivity index (χ2n) is 7.74. The molecule has 0 radical (unpaired) electrons. The number of hydrogen-bond acceptors (Lipinski definition) is 1. The Morgan fingerprint density at radius 2 is 0.958 bits per heavy atom. The molecule has 0 N–H and O–H groups in total. The molecule has 0 aliphatic heterocycles. The van der Waals surface area contributed by atoms with Crippen molar-refractivity contribution < 1.29 is 0 Å². The maximum atomic E-state index is 5.06. The van der Waals surface area contributed by atoms with Gasteiger partial charge in [0.25, 0.3) is 0 Å². The van der Waals surface area contributed by atoms with Gasteiger partial charge in [0.15, 0.2) is 0 Å². The maximum Gasteiger partial charge on any atom is 0.0643 e. The van der Waals surface area contributed by atoms with Crippen LogP contribution in [0, 0.1) is 0 Å². The van der Waals surface area contributed by atoms with Gasteiger partial charge in [0.2, 0.25) is 0 Å². The standard InChI is InChI=1S/C22H45NS/c1-4-5-6-7-8-9-10-11-12-13-14-15-16-17-18-19-20-23(21-24)22(2)3/h21-22H,4-20H2,1-3H3. The normalized spacial score (nSPS) is 11.2. The monoisotopic (exact) mass is 355 g/mol. The van der Waals surface area contributed by atoms with E-state index >= 15 is 0 Å². The highest BCUT2D eigenvalue weighted by molar-refractivity contribution is 7.78. The van der Waals surface area contributed by atoms with Gasteiger partial charge in [-0.05, 0) is 20.3 Å². The summed E-state index contributed by atoms with van der Waals surface area (Å²) in [6.45, 7) is 7.87. The fourth-order valence-electron chi connectivity index (χ4n) is 3.28. The number of thiocarbonyl (C=S) groups is 1. The lowest BCUT2D eigenvalue weighted by atomic mass is 10.0. The maximum absolute atomic E-state index is 5.06. The van der Waals surface area contributed by atoms with Crippen LogP contribution < -0.4 is 0 Å². The molecule has 0 amide bonds. The van der Waals surface area contributed by atoms with Crippen LogP contribution in [0.25, 0.3) is 0 Å². The summed E-state index contributed by atoms with van der Waals surface area (Å²) in [5.41, 5.74) is 1.83. The van der Waals surface area contributed by atoms with E-state index in [1.54, 1.807) is 0 Å². The molecule has 0 atom stereocenters. The Morgan fingerprint density at radius 1 is 0.625 bits per heavy atom. The highest BCUT2D eigenvalue weighted by Gasteiger charge is 2.03. The van der Waals surface area contributed by atoms with Crippen molar-refractivity contribution in [1.82, 2.24) is 4.90 Å². The molecule has 0 heterocycles. The molecule has 2 heteroatoms. The van der Waals surface area contributed by atoms with Gasteiger partial charge in [-0.25, -0.2) is 0 Å². The fraction of sp³-hybridized carbons (Fsp3) is 0.955. The highest BCUT2D eigenvalue weighted by Crippen LogP contribution is 2.13. The zero-order chi connectivity index (χ0) is 17.9. The van der Waals surface area contributed by atoms with Crippen LogP contribution >= 0.6 is 12.2 Å². The van der Waals surface area contributed by atoms with Crippen molar-refractivity contribution in [3.63, 3.8) is 0 Å². The Balaban J connectivity index is 3.11. The molecule has 0 aromatic carbocycles. The van der Waals surface area contributed by atoms with Gasteiger partial charge >= 0.3 is 0 Å². The van der Waals surface area contributed by atoms with Crippen LogP contribution in [0.5, 0.6) is 0 Å². The minimum atomic E-state index is 0.554. The van der Waals surface area contributed by atoms with Crippen LogP contribution in [0.4, 0.5) is 0 Å². The number of unbranched alkanes of at least 4 members (excludes halogenated alkanes) is 15. The van der Waals surface area contributed by atoms with Crippen molar-refractivity contribution in [2.45, 2.75) is 130 Å². The van der Waals surface area contributed by atoms with Gasteiger partial charge in [0, 0.05) is 12.6 Å². The van der Waals surface area contributed by atoms with E-state index in [2.05, 4.69) is 25.7 Å². The largest absolute Gasteiger partial charge is 0.366 e. The summed E-state index contributed by atoms with van der Waals surface area (Å²) in [6, 6.07) is 0.554. The molecule has 0 unspecified atom stereocenters. The molecule has 0 aromatic rings. The third-order valence-electron chi connectivity index (χ3n) is 5.07. The lowest BCUT2D eigenvalue weighted by Gasteiger charge is -2.23. The summed E-state index contributed by atoms with van der Waals surface area (Å²) in [6.07, 6.45) is 22.9. The van der Waals surface area contributed by atoms with Gasteiger partial charge in [-0.3, -0.25) is 0 Å². The van der Waals surface area contributed by atoms with Crippen LogP contribution in [0.3, 0.4) is 0 Å². The second kappa shape index (κ2) is 19.2. The molecule has 1 nitrogen and oxygen atoms in total. The molecule has 24 heavy (non-hydrogen) atoms. The quantitative estimate of drug-likeness (QED) is 0.171.